The highest BCUT2D eigenvalue weighted by atomic mass is 16.3. The van der Waals surface area contributed by atoms with Crippen molar-refractivity contribution in [1.29, 1.82) is 0 Å². The van der Waals surface area contributed by atoms with Crippen LogP contribution in [0.1, 0.15) is 30.3 Å². The molecule has 2 aromatic rings. The molecule has 1 N–H and O–H groups in total. The SMILES string of the molecule is Cc1ncc(-c2cncc(C3CCCN(CCO)C3)n2)n1C. The molecule has 1 aliphatic rings. The highest BCUT2D eigenvalue weighted by Gasteiger charge is 2.22. The molecule has 3 heterocycles. The van der Waals surface area contributed by atoms with Crippen molar-refractivity contribution < 1.29 is 5.11 Å². The first-order valence-corrected chi connectivity index (χ1v) is 7.83. The largest absolute Gasteiger partial charge is 0.395 e. The summed E-state index contributed by atoms with van der Waals surface area (Å²) in [4.78, 5) is 15.8. The molecule has 1 unspecified atom stereocenters. The number of β-amino-alcohol motifs (C(OH)–C–C–N with tert-alkyl or cyclic N) is 1. The first-order chi connectivity index (χ1) is 10.7. The van der Waals surface area contributed by atoms with Crippen molar-refractivity contribution in [2.24, 2.45) is 7.05 Å². The highest BCUT2D eigenvalue weighted by molar-refractivity contribution is 5.53. The van der Waals surface area contributed by atoms with E-state index in [1.165, 1.54) is 0 Å². The van der Waals surface area contributed by atoms with Gasteiger partial charge in [-0.25, -0.2) is 9.97 Å². The number of nitrogens with zero attached hydrogens (tertiary/aromatic N) is 5. The van der Waals surface area contributed by atoms with Crippen LogP contribution in [-0.2, 0) is 7.05 Å². The van der Waals surface area contributed by atoms with Crippen LogP contribution in [-0.4, -0.2) is 55.8 Å². The minimum Gasteiger partial charge on any atom is -0.395 e. The summed E-state index contributed by atoms with van der Waals surface area (Å²) in [7, 11) is 2.00. The topological polar surface area (TPSA) is 67.1 Å². The van der Waals surface area contributed by atoms with Gasteiger partial charge in [0.25, 0.3) is 0 Å². The van der Waals surface area contributed by atoms with E-state index < -0.39 is 0 Å². The van der Waals surface area contributed by atoms with Crippen LogP contribution in [0.4, 0.5) is 0 Å². The number of aromatic nitrogens is 4. The zero-order valence-electron chi connectivity index (χ0n) is 13.2. The minimum absolute atomic E-state index is 0.215. The van der Waals surface area contributed by atoms with Crippen molar-refractivity contribution in [1.82, 2.24) is 24.4 Å². The number of likely N-dealkylation sites (tertiary alicyclic amines) is 1. The molecule has 1 fully saturated rings. The summed E-state index contributed by atoms with van der Waals surface area (Å²) in [6.45, 7) is 4.94. The molecule has 1 atom stereocenters. The predicted octanol–water partition coefficient (Wildman–Crippen LogP) is 1.36. The third kappa shape index (κ3) is 3.03. The standard InChI is InChI=1S/C16H23N5O/c1-12-18-10-16(20(12)2)15-9-17-8-14(19-15)13-4-3-5-21(11-13)6-7-22/h8-10,13,22H,3-7,11H2,1-2H3. The third-order valence-electron chi connectivity index (χ3n) is 4.48. The summed E-state index contributed by atoms with van der Waals surface area (Å²) in [6, 6.07) is 0. The van der Waals surface area contributed by atoms with E-state index in [1.807, 2.05) is 30.9 Å². The number of hydrogen-bond donors (Lipinski definition) is 1. The first-order valence-electron chi connectivity index (χ1n) is 7.83. The fourth-order valence-electron chi connectivity index (χ4n) is 3.08. The van der Waals surface area contributed by atoms with Crippen LogP contribution < -0.4 is 0 Å². The maximum atomic E-state index is 9.12. The average molecular weight is 301 g/mol. The van der Waals surface area contributed by atoms with Crippen molar-refractivity contribution in [3.05, 3.63) is 30.1 Å². The van der Waals surface area contributed by atoms with Gasteiger partial charge in [0, 0.05) is 32.3 Å². The van der Waals surface area contributed by atoms with Gasteiger partial charge in [-0.05, 0) is 26.3 Å². The summed E-state index contributed by atoms with van der Waals surface area (Å²) in [5.41, 5.74) is 2.91. The van der Waals surface area contributed by atoms with Crippen molar-refractivity contribution in [3.8, 4) is 11.4 Å². The Bertz CT molecular complexity index is 637. The van der Waals surface area contributed by atoms with Gasteiger partial charge in [-0.1, -0.05) is 0 Å². The van der Waals surface area contributed by atoms with Gasteiger partial charge >= 0.3 is 0 Å². The van der Waals surface area contributed by atoms with Gasteiger partial charge in [0.2, 0.25) is 0 Å². The van der Waals surface area contributed by atoms with Crippen LogP contribution in [0.2, 0.25) is 0 Å². The van der Waals surface area contributed by atoms with E-state index in [4.69, 9.17) is 10.1 Å². The Balaban J connectivity index is 1.83. The van der Waals surface area contributed by atoms with E-state index in [2.05, 4.69) is 14.9 Å². The number of aliphatic hydroxyl groups is 1. The van der Waals surface area contributed by atoms with Gasteiger partial charge in [0.05, 0.1) is 30.4 Å². The van der Waals surface area contributed by atoms with E-state index in [9.17, 15) is 0 Å². The van der Waals surface area contributed by atoms with Crippen LogP contribution in [0.15, 0.2) is 18.6 Å². The van der Waals surface area contributed by atoms with Gasteiger partial charge in [-0.2, -0.15) is 0 Å². The second kappa shape index (κ2) is 6.54. The Hall–Kier alpha value is -1.79. The highest BCUT2D eigenvalue weighted by Crippen LogP contribution is 2.26. The molecule has 0 aliphatic carbocycles. The van der Waals surface area contributed by atoms with Gasteiger partial charge in [0.15, 0.2) is 0 Å². The lowest BCUT2D eigenvalue weighted by atomic mass is 9.95. The maximum Gasteiger partial charge on any atom is 0.107 e. The Morgan fingerprint density at radius 3 is 2.91 bits per heavy atom. The Morgan fingerprint density at radius 2 is 2.18 bits per heavy atom. The molecule has 3 rings (SSSR count). The van der Waals surface area contributed by atoms with Crippen LogP contribution in [0.5, 0.6) is 0 Å². The predicted molar refractivity (Wildman–Crippen MR) is 84.5 cm³/mol. The lowest BCUT2D eigenvalue weighted by Crippen LogP contribution is -2.36. The Kier molecular flexibility index (Phi) is 4.49. The Labute approximate surface area is 130 Å². The molecule has 1 saturated heterocycles. The number of hydrogen-bond acceptors (Lipinski definition) is 5. The molecular formula is C16H23N5O. The monoisotopic (exact) mass is 301 g/mol. The van der Waals surface area contributed by atoms with Crippen molar-refractivity contribution in [2.45, 2.75) is 25.7 Å². The number of aryl methyl sites for hydroxylation is 1. The van der Waals surface area contributed by atoms with E-state index >= 15 is 0 Å². The van der Waals surface area contributed by atoms with Gasteiger partial charge in [0.1, 0.15) is 11.5 Å². The second-order valence-electron chi connectivity index (χ2n) is 5.94. The zero-order valence-corrected chi connectivity index (χ0v) is 13.2. The van der Waals surface area contributed by atoms with Crippen LogP contribution >= 0.6 is 0 Å². The molecular weight excluding hydrogens is 278 g/mol. The normalized spacial score (nSPS) is 19.5. The zero-order chi connectivity index (χ0) is 15.5. The maximum absolute atomic E-state index is 9.12. The lowest BCUT2D eigenvalue weighted by Gasteiger charge is -2.31. The summed E-state index contributed by atoms with van der Waals surface area (Å²) >= 11 is 0. The molecule has 1 aliphatic heterocycles. The summed E-state index contributed by atoms with van der Waals surface area (Å²) in [5, 5.41) is 9.12. The van der Waals surface area contributed by atoms with Crippen LogP contribution in [0.3, 0.4) is 0 Å². The lowest BCUT2D eigenvalue weighted by molar-refractivity contribution is 0.160. The van der Waals surface area contributed by atoms with E-state index in [-0.39, 0.29) is 6.61 Å². The van der Waals surface area contributed by atoms with Gasteiger partial charge < -0.3 is 14.6 Å². The molecule has 22 heavy (non-hydrogen) atoms. The second-order valence-corrected chi connectivity index (χ2v) is 5.94. The van der Waals surface area contributed by atoms with E-state index in [1.54, 1.807) is 6.20 Å². The molecule has 0 amide bonds. The number of piperidine rings is 1. The smallest absolute Gasteiger partial charge is 0.107 e. The number of imidazole rings is 1. The van der Waals surface area contributed by atoms with Crippen LogP contribution in [0.25, 0.3) is 11.4 Å². The molecule has 0 bridgehead atoms. The van der Waals surface area contributed by atoms with Crippen molar-refractivity contribution in [2.75, 3.05) is 26.2 Å². The fraction of sp³-hybridized carbons (Fsp3) is 0.562. The van der Waals surface area contributed by atoms with Crippen molar-refractivity contribution >= 4 is 0 Å². The summed E-state index contributed by atoms with van der Waals surface area (Å²) in [6.07, 6.45) is 7.79. The minimum atomic E-state index is 0.215. The van der Waals surface area contributed by atoms with Gasteiger partial charge in [-0.15, -0.1) is 0 Å². The molecule has 118 valence electrons. The summed E-state index contributed by atoms with van der Waals surface area (Å²) < 4.78 is 2.03. The third-order valence-corrected chi connectivity index (χ3v) is 4.48. The molecule has 0 aromatic carbocycles. The molecule has 2 aromatic heterocycles. The molecule has 6 heteroatoms. The first kappa shape index (κ1) is 15.1. The quantitative estimate of drug-likeness (QED) is 0.923. The number of aliphatic hydroxyl groups excluding tert-OH is 1. The van der Waals surface area contributed by atoms with E-state index in [0.29, 0.717) is 5.92 Å². The van der Waals surface area contributed by atoms with E-state index in [0.717, 1.165) is 55.4 Å². The van der Waals surface area contributed by atoms with Crippen molar-refractivity contribution in [3.63, 3.8) is 0 Å². The Morgan fingerprint density at radius 1 is 1.32 bits per heavy atom. The molecule has 6 nitrogen and oxygen atoms in total. The average Bonchev–Trinajstić information content (AvgIpc) is 2.88. The fourth-order valence-corrected chi connectivity index (χ4v) is 3.08. The molecule has 0 radical (unpaired) electrons. The molecule has 0 spiro atoms. The summed E-state index contributed by atoms with van der Waals surface area (Å²) in [5.74, 6) is 1.36. The molecule has 0 saturated carbocycles. The van der Waals surface area contributed by atoms with Gasteiger partial charge in [-0.3, -0.25) is 4.98 Å². The van der Waals surface area contributed by atoms with Crippen LogP contribution in [0, 0.1) is 6.92 Å². The number of rotatable bonds is 4.